The Labute approximate surface area is 130 Å². The van der Waals surface area contributed by atoms with E-state index in [4.69, 9.17) is 14.0 Å². The molecule has 0 aliphatic carbocycles. The molecule has 0 atom stereocenters. The average molecular weight is 322 g/mol. The van der Waals surface area contributed by atoms with Crippen molar-refractivity contribution in [3.8, 4) is 11.5 Å². The molecule has 0 amide bonds. The van der Waals surface area contributed by atoms with Crippen LogP contribution in [0, 0.1) is 0 Å². The quantitative estimate of drug-likeness (QED) is 0.596. The van der Waals surface area contributed by atoms with Crippen molar-refractivity contribution in [2.24, 2.45) is 0 Å². The van der Waals surface area contributed by atoms with Gasteiger partial charge in [0.15, 0.2) is 0 Å². The first-order valence-electron chi connectivity index (χ1n) is 6.88. The highest BCUT2D eigenvalue weighted by Crippen LogP contribution is 2.21. The summed E-state index contributed by atoms with van der Waals surface area (Å²) in [5.74, 6) is 1.23. The van der Waals surface area contributed by atoms with Crippen LogP contribution in [0.2, 0.25) is 0 Å². The summed E-state index contributed by atoms with van der Waals surface area (Å²) in [6, 6.07) is 17.0. The summed E-state index contributed by atoms with van der Waals surface area (Å²) in [5, 5.41) is 0. The van der Waals surface area contributed by atoms with Crippen LogP contribution in [0.15, 0.2) is 54.6 Å². The van der Waals surface area contributed by atoms with Crippen molar-refractivity contribution in [2.75, 3.05) is 12.4 Å². The van der Waals surface area contributed by atoms with Gasteiger partial charge in [0.1, 0.15) is 11.5 Å². The van der Waals surface area contributed by atoms with Gasteiger partial charge in [0, 0.05) is 6.61 Å². The molecule has 0 saturated heterocycles. The monoisotopic (exact) mass is 322 g/mol. The highest BCUT2D eigenvalue weighted by Gasteiger charge is 2.03. The third kappa shape index (κ3) is 6.26. The molecule has 1 N–H and O–H groups in total. The van der Waals surface area contributed by atoms with Crippen LogP contribution in [0.25, 0.3) is 0 Å². The molecule has 22 heavy (non-hydrogen) atoms. The minimum Gasteiger partial charge on any atom is -0.457 e. The molecule has 0 spiro atoms. The molecule has 0 heterocycles. The van der Waals surface area contributed by atoms with Gasteiger partial charge in [0.25, 0.3) is 10.1 Å². The van der Waals surface area contributed by atoms with Gasteiger partial charge in [-0.05, 0) is 36.2 Å². The molecule has 0 saturated carbocycles. The molecule has 2 aromatic carbocycles. The molecule has 0 bridgehead atoms. The SMILES string of the molecule is O=S(=O)(O)CCCOCc1ccc(Oc2ccccc2)cc1. The molecule has 5 nitrogen and oxygen atoms in total. The van der Waals surface area contributed by atoms with E-state index in [1.54, 1.807) is 0 Å². The average Bonchev–Trinajstić information content (AvgIpc) is 2.48. The molecule has 0 aliphatic heterocycles. The van der Waals surface area contributed by atoms with E-state index in [-0.39, 0.29) is 18.8 Å². The molecule has 0 aromatic heterocycles. The van der Waals surface area contributed by atoms with E-state index < -0.39 is 10.1 Å². The third-order valence-corrected chi connectivity index (χ3v) is 3.67. The molecule has 118 valence electrons. The van der Waals surface area contributed by atoms with Crippen molar-refractivity contribution in [3.05, 3.63) is 60.2 Å². The fraction of sp³-hybridized carbons (Fsp3) is 0.250. The third-order valence-electron chi connectivity index (χ3n) is 2.86. The zero-order valence-electron chi connectivity index (χ0n) is 12.0. The lowest BCUT2D eigenvalue weighted by molar-refractivity contribution is 0.121. The highest BCUT2D eigenvalue weighted by atomic mass is 32.2. The normalized spacial score (nSPS) is 11.3. The highest BCUT2D eigenvalue weighted by molar-refractivity contribution is 7.85. The Kier molecular flexibility index (Phi) is 5.94. The van der Waals surface area contributed by atoms with E-state index in [0.717, 1.165) is 17.1 Å². The smallest absolute Gasteiger partial charge is 0.264 e. The van der Waals surface area contributed by atoms with Crippen molar-refractivity contribution in [2.45, 2.75) is 13.0 Å². The van der Waals surface area contributed by atoms with Crippen LogP contribution in [0.5, 0.6) is 11.5 Å². The zero-order valence-corrected chi connectivity index (χ0v) is 12.8. The number of rotatable bonds is 8. The van der Waals surface area contributed by atoms with Crippen LogP contribution < -0.4 is 4.74 Å². The van der Waals surface area contributed by atoms with Gasteiger partial charge in [-0.3, -0.25) is 4.55 Å². The molecule has 0 radical (unpaired) electrons. The van der Waals surface area contributed by atoms with Gasteiger partial charge in [0.05, 0.1) is 12.4 Å². The first kappa shape index (κ1) is 16.5. The van der Waals surface area contributed by atoms with E-state index in [1.165, 1.54) is 0 Å². The Morgan fingerprint density at radius 3 is 2.18 bits per heavy atom. The van der Waals surface area contributed by atoms with Crippen LogP contribution in [0.1, 0.15) is 12.0 Å². The maximum atomic E-state index is 10.5. The molecule has 6 heteroatoms. The van der Waals surface area contributed by atoms with E-state index in [1.807, 2.05) is 54.6 Å². The Hall–Kier alpha value is -1.89. The second kappa shape index (κ2) is 7.93. The zero-order chi connectivity index (χ0) is 15.8. The number of benzene rings is 2. The van der Waals surface area contributed by atoms with Gasteiger partial charge in [0.2, 0.25) is 0 Å². The first-order chi connectivity index (χ1) is 10.5. The molecular weight excluding hydrogens is 304 g/mol. The number of hydrogen-bond donors (Lipinski definition) is 1. The molecule has 2 aromatic rings. The van der Waals surface area contributed by atoms with Crippen LogP contribution in [0.3, 0.4) is 0 Å². The van der Waals surface area contributed by atoms with Crippen molar-refractivity contribution in [1.82, 2.24) is 0 Å². The number of ether oxygens (including phenoxy) is 2. The van der Waals surface area contributed by atoms with E-state index in [9.17, 15) is 8.42 Å². The van der Waals surface area contributed by atoms with Gasteiger partial charge in [-0.15, -0.1) is 0 Å². The Morgan fingerprint density at radius 1 is 0.909 bits per heavy atom. The predicted molar refractivity (Wildman–Crippen MR) is 83.6 cm³/mol. The van der Waals surface area contributed by atoms with E-state index >= 15 is 0 Å². The Morgan fingerprint density at radius 2 is 1.55 bits per heavy atom. The summed E-state index contributed by atoms with van der Waals surface area (Å²) < 4.78 is 40.7. The second-order valence-corrected chi connectivity index (χ2v) is 6.32. The largest absolute Gasteiger partial charge is 0.457 e. The van der Waals surface area contributed by atoms with Crippen LogP contribution in [-0.2, 0) is 21.5 Å². The van der Waals surface area contributed by atoms with Crippen molar-refractivity contribution >= 4 is 10.1 Å². The predicted octanol–water partition coefficient (Wildman–Crippen LogP) is 3.27. The number of para-hydroxylation sites is 1. The summed E-state index contributed by atoms with van der Waals surface area (Å²) in [4.78, 5) is 0. The summed E-state index contributed by atoms with van der Waals surface area (Å²) in [6.45, 7) is 0.666. The lowest BCUT2D eigenvalue weighted by atomic mass is 10.2. The van der Waals surface area contributed by atoms with Gasteiger partial charge in [-0.25, -0.2) is 0 Å². The summed E-state index contributed by atoms with van der Waals surface area (Å²) in [7, 11) is -3.90. The van der Waals surface area contributed by atoms with Gasteiger partial charge >= 0.3 is 0 Å². The van der Waals surface area contributed by atoms with Gasteiger partial charge in [-0.2, -0.15) is 8.42 Å². The van der Waals surface area contributed by atoms with E-state index in [0.29, 0.717) is 6.61 Å². The topological polar surface area (TPSA) is 72.8 Å². The van der Waals surface area contributed by atoms with Crippen LogP contribution in [-0.4, -0.2) is 25.3 Å². The molecule has 0 aliphatic rings. The maximum absolute atomic E-state index is 10.5. The molecular formula is C16H18O5S. The summed E-state index contributed by atoms with van der Waals surface area (Å²) in [5.41, 5.74) is 0.965. The van der Waals surface area contributed by atoms with Crippen molar-refractivity contribution in [1.29, 1.82) is 0 Å². The van der Waals surface area contributed by atoms with Crippen molar-refractivity contribution in [3.63, 3.8) is 0 Å². The van der Waals surface area contributed by atoms with Gasteiger partial charge < -0.3 is 9.47 Å². The number of hydrogen-bond acceptors (Lipinski definition) is 4. The lowest BCUT2D eigenvalue weighted by Crippen LogP contribution is -2.07. The Balaban J connectivity index is 1.75. The lowest BCUT2D eigenvalue weighted by Gasteiger charge is -2.07. The fourth-order valence-corrected chi connectivity index (χ4v) is 2.29. The second-order valence-electron chi connectivity index (χ2n) is 4.75. The van der Waals surface area contributed by atoms with Gasteiger partial charge in [-0.1, -0.05) is 30.3 Å². The standard InChI is InChI=1S/C16H18O5S/c17-22(18,19)12-4-11-20-13-14-7-9-16(10-8-14)21-15-5-2-1-3-6-15/h1-3,5-10H,4,11-13H2,(H,17,18,19). The van der Waals surface area contributed by atoms with Crippen molar-refractivity contribution < 1.29 is 22.4 Å². The fourth-order valence-electron chi connectivity index (χ4n) is 1.81. The van der Waals surface area contributed by atoms with Crippen LogP contribution >= 0.6 is 0 Å². The minimum absolute atomic E-state index is 0.272. The molecule has 0 fully saturated rings. The maximum Gasteiger partial charge on any atom is 0.264 e. The first-order valence-corrected chi connectivity index (χ1v) is 8.48. The molecule has 0 unspecified atom stereocenters. The molecule has 2 rings (SSSR count). The Bertz CT molecular complexity index is 665. The van der Waals surface area contributed by atoms with E-state index in [2.05, 4.69) is 0 Å². The van der Waals surface area contributed by atoms with Crippen LogP contribution in [0.4, 0.5) is 0 Å². The minimum atomic E-state index is -3.90. The summed E-state index contributed by atoms with van der Waals surface area (Å²) >= 11 is 0. The summed E-state index contributed by atoms with van der Waals surface area (Å²) in [6.07, 6.45) is 0.272.